The van der Waals surface area contributed by atoms with Gasteiger partial charge in [-0.3, -0.25) is 14.9 Å². The number of furan rings is 1. The van der Waals surface area contributed by atoms with Crippen LogP contribution < -0.4 is 4.90 Å². The first-order valence-corrected chi connectivity index (χ1v) is 8.22. The summed E-state index contributed by atoms with van der Waals surface area (Å²) in [6.45, 7) is 3.81. The van der Waals surface area contributed by atoms with Crippen molar-refractivity contribution < 1.29 is 19.0 Å². The van der Waals surface area contributed by atoms with Gasteiger partial charge in [0.15, 0.2) is 5.76 Å². The lowest BCUT2D eigenvalue weighted by molar-refractivity contribution is -0.898. The Labute approximate surface area is 145 Å². The summed E-state index contributed by atoms with van der Waals surface area (Å²) >= 11 is 0. The van der Waals surface area contributed by atoms with Gasteiger partial charge in [-0.1, -0.05) is 36.4 Å². The summed E-state index contributed by atoms with van der Waals surface area (Å²) in [6, 6.07) is 12.7. The molecule has 1 aliphatic heterocycles. The molecule has 0 saturated carbocycles. The Morgan fingerprint density at radius 3 is 2.56 bits per heavy atom. The van der Waals surface area contributed by atoms with E-state index >= 15 is 0 Å². The van der Waals surface area contributed by atoms with E-state index < -0.39 is 10.8 Å². The van der Waals surface area contributed by atoms with Crippen LogP contribution in [0.4, 0.5) is 5.88 Å². The van der Waals surface area contributed by atoms with Crippen LogP contribution in [0, 0.1) is 10.1 Å². The number of quaternary nitrogens is 1. The Kier molecular flexibility index (Phi) is 5.25. The number of piperazine rings is 1. The molecule has 3 rings (SSSR count). The van der Waals surface area contributed by atoms with Crippen molar-refractivity contribution in [3.63, 3.8) is 0 Å². The van der Waals surface area contributed by atoms with E-state index in [4.69, 9.17) is 4.42 Å². The number of carbonyl (C=O) groups excluding carboxylic acids is 1. The molecule has 1 aromatic carbocycles. The summed E-state index contributed by atoms with van der Waals surface area (Å²) in [5.41, 5.74) is 1.18. The quantitative estimate of drug-likeness (QED) is 0.655. The zero-order chi connectivity index (χ0) is 17.6. The van der Waals surface area contributed by atoms with Crippen molar-refractivity contribution in [2.24, 2.45) is 0 Å². The normalized spacial score (nSPS) is 15.6. The molecule has 1 aromatic heterocycles. The van der Waals surface area contributed by atoms with E-state index in [1.807, 2.05) is 18.2 Å². The van der Waals surface area contributed by atoms with E-state index in [1.54, 1.807) is 4.90 Å². The van der Waals surface area contributed by atoms with E-state index in [9.17, 15) is 14.9 Å². The number of nitrogens with one attached hydrogen (secondary N) is 1. The molecule has 7 heteroatoms. The van der Waals surface area contributed by atoms with Crippen LogP contribution in [0.15, 0.2) is 53.0 Å². The van der Waals surface area contributed by atoms with Gasteiger partial charge in [0, 0.05) is 0 Å². The minimum atomic E-state index is -0.641. The number of hydrogen-bond acceptors (Lipinski definition) is 4. The number of amides is 1. The number of carbonyl (C=O) groups is 1. The SMILES string of the molecule is O=C(c1ccc([N+](=O)[O-])o1)N1CC[NH+](C/C=C/c2ccccc2)CC1. The van der Waals surface area contributed by atoms with Crippen molar-refractivity contribution in [3.8, 4) is 0 Å². The maximum atomic E-state index is 12.3. The molecule has 130 valence electrons. The van der Waals surface area contributed by atoms with Crippen LogP contribution in [0.3, 0.4) is 0 Å². The van der Waals surface area contributed by atoms with E-state index in [-0.39, 0.29) is 11.7 Å². The van der Waals surface area contributed by atoms with Gasteiger partial charge >= 0.3 is 5.88 Å². The molecule has 0 aliphatic carbocycles. The maximum Gasteiger partial charge on any atom is 0.433 e. The van der Waals surface area contributed by atoms with Crippen molar-refractivity contribution in [2.75, 3.05) is 32.7 Å². The third kappa shape index (κ3) is 4.33. The highest BCUT2D eigenvalue weighted by Crippen LogP contribution is 2.17. The fourth-order valence-electron chi connectivity index (χ4n) is 2.85. The summed E-state index contributed by atoms with van der Waals surface area (Å²) in [4.78, 5) is 25.4. The molecule has 2 aromatic rings. The summed E-state index contributed by atoms with van der Waals surface area (Å²) in [5, 5.41) is 10.6. The van der Waals surface area contributed by atoms with E-state index in [0.29, 0.717) is 13.1 Å². The first kappa shape index (κ1) is 16.9. The minimum Gasteiger partial charge on any atom is -0.395 e. The predicted molar refractivity (Wildman–Crippen MR) is 92.3 cm³/mol. The lowest BCUT2D eigenvalue weighted by Crippen LogP contribution is -3.14. The fourth-order valence-corrected chi connectivity index (χ4v) is 2.85. The van der Waals surface area contributed by atoms with Crippen molar-refractivity contribution in [2.45, 2.75) is 0 Å². The highest BCUT2D eigenvalue weighted by Gasteiger charge is 2.27. The molecule has 0 atom stereocenters. The smallest absolute Gasteiger partial charge is 0.395 e. The average molecular weight is 342 g/mol. The first-order valence-electron chi connectivity index (χ1n) is 8.22. The van der Waals surface area contributed by atoms with Crippen molar-refractivity contribution >= 4 is 17.9 Å². The highest BCUT2D eigenvalue weighted by molar-refractivity contribution is 5.91. The molecule has 1 aliphatic rings. The van der Waals surface area contributed by atoms with Gasteiger partial charge in [0.05, 0.1) is 38.8 Å². The van der Waals surface area contributed by atoms with E-state index in [2.05, 4.69) is 24.3 Å². The second-order valence-corrected chi connectivity index (χ2v) is 5.95. The van der Waals surface area contributed by atoms with Gasteiger partial charge in [0.1, 0.15) is 4.92 Å². The number of rotatable bonds is 5. The number of nitrogens with zero attached hydrogens (tertiary/aromatic N) is 2. The van der Waals surface area contributed by atoms with Gasteiger partial charge in [0.2, 0.25) is 0 Å². The largest absolute Gasteiger partial charge is 0.433 e. The first-order chi connectivity index (χ1) is 12.1. The lowest BCUT2D eigenvalue weighted by Gasteiger charge is -2.31. The van der Waals surface area contributed by atoms with Crippen LogP contribution in [0.2, 0.25) is 0 Å². The molecule has 0 bridgehead atoms. The zero-order valence-electron chi connectivity index (χ0n) is 13.8. The van der Waals surface area contributed by atoms with Gasteiger partial charge in [0.25, 0.3) is 5.91 Å². The number of nitro groups is 1. The van der Waals surface area contributed by atoms with Crippen LogP contribution in [-0.2, 0) is 0 Å². The maximum absolute atomic E-state index is 12.3. The summed E-state index contributed by atoms with van der Waals surface area (Å²) in [5.74, 6) is -0.662. The summed E-state index contributed by atoms with van der Waals surface area (Å²) in [7, 11) is 0. The predicted octanol–water partition coefficient (Wildman–Crippen LogP) is 1.24. The van der Waals surface area contributed by atoms with Gasteiger partial charge in [-0.2, -0.15) is 0 Å². The second kappa shape index (κ2) is 7.76. The third-order valence-electron chi connectivity index (χ3n) is 4.26. The summed E-state index contributed by atoms with van der Waals surface area (Å²) in [6.07, 6.45) is 4.25. The molecule has 0 unspecified atom stereocenters. The van der Waals surface area contributed by atoms with Crippen LogP contribution in [-0.4, -0.2) is 48.5 Å². The standard InChI is InChI=1S/C18H19N3O4/c22-18(16-8-9-17(25-16)21(23)24)20-13-11-19(12-14-20)10-4-7-15-5-2-1-3-6-15/h1-9H,10-14H2/p+1/b7-4+. The van der Waals surface area contributed by atoms with Crippen LogP contribution in [0.5, 0.6) is 0 Å². The topological polar surface area (TPSA) is 81.0 Å². The van der Waals surface area contributed by atoms with Crippen LogP contribution in [0.25, 0.3) is 6.08 Å². The minimum absolute atomic E-state index is 0.0270. The molecule has 25 heavy (non-hydrogen) atoms. The Balaban J connectivity index is 1.48. The van der Waals surface area contributed by atoms with Gasteiger partial charge in [-0.25, -0.2) is 0 Å². The van der Waals surface area contributed by atoms with E-state index in [0.717, 1.165) is 19.6 Å². The van der Waals surface area contributed by atoms with Gasteiger partial charge in [-0.05, 0) is 17.7 Å². The zero-order valence-corrected chi connectivity index (χ0v) is 13.8. The van der Waals surface area contributed by atoms with Crippen molar-refractivity contribution in [1.82, 2.24) is 4.90 Å². The second-order valence-electron chi connectivity index (χ2n) is 5.95. The van der Waals surface area contributed by atoms with Crippen LogP contribution >= 0.6 is 0 Å². The van der Waals surface area contributed by atoms with Crippen molar-refractivity contribution in [3.05, 3.63) is 70.0 Å². The Bertz CT molecular complexity index is 762. The van der Waals surface area contributed by atoms with Gasteiger partial charge in [-0.15, -0.1) is 0 Å². The summed E-state index contributed by atoms with van der Waals surface area (Å²) < 4.78 is 4.99. The molecular formula is C18H20N3O4+. The molecular weight excluding hydrogens is 322 g/mol. The molecule has 0 radical (unpaired) electrons. The molecule has 1 fully saturated rings. The molecule has 1 saturated heterocycles. The fraction of sp³-hybridized carbons (Fsp3) is 0.278. The molecule has 1 N–H and O–H groups in total. The monoisotopic (exact) mass is 342 g/mol. The molecule has 7 nitrogen and oxygen atoms in total. The Morgan fingerprint density at radius 1 is 1.20 bits per heavy atom. The van der Waals surface area contributed by atoms with E-state index in [1.165, 1.54) is 22.6 Å². The van der Waals surface area contributed by atoms with Gasteiger partial charge < -0.3 is 14.2 Å². The highest BCUT2D eigenvalue weighted by atomic mass is 16.6. The molecule has 1 amide bonds. The number of hydrogen-bond donors (Lipinski definition) is 1. The Hall–Kier alpha value is -2.93. The molecule has 0 spiro atoms. The molecule has 2 heterocycles. The lowest BCUT2D eigenvalue weighted by atomic mass is 10.2. The van der Waals surface area contributed by atoms with Crippen LogP contribution in [0.1, 0.15) is 16.1 Å². The number of benzene rings is 1. The average Bonchev–Trinajstić information content (AvgIpc) is 3.13. The Morgan fingerprint density at radius 2 is 1.92 bits per heavy atom. The third-order valence-corrected chi connectivity index (χ3v) is 4.26. The van der Waals surface area contributed by atoms with Crippen molar-refractivity contribution in [1.29, 1.82) is 0 Å².